The fraction of sp³-hybridized carbons (Fsp3) is 0.333. The zero-order valence-corrected chi connectivity index (χ0v) is 11.6. The number of carbonyl (C=O) groups is 2. The van der Waals surface area contributed by atoms with Gasteiger partial charge in [-0.1, -0.05) is 0 Å². The fourth-order valence-corrected chi connectivity index (χ4v) is 1.71. The first-order valence-electron chi connectivity index (χ1n) is 6.38. The van der Waals surface area contributed by atoms with Gasteiger partial charge in [-0.2, -0.15) is 10.5 Å². The van der Waals surface area contributed by atoms with Crippen molar-refractivity contribution in [3.05, 3.63) is 35.4 Å². The van der Waals surface area contributed by atoms with E-state index in [1.807, 2.05) is 12.1 Å². The van der Waals surface area contributed by atoms with Crippen LogP contribution in [0.5, 0.6) is 0 Å². The molecule has 0 unspecified atom stereocenters. The zero-order valence-electron chi connectivity index (χ0n) is 11.6. The number of benzene rings is 1. The number of nitrogens with one attached hydrogen (secondary N) is 1. The first kappa shape index (κ1) is 16.2. The molecule has 108 valence electrons. The van der Waals surface area contributed by atoms with Crippen LogP contribution in [0, 0.1) is 22.7 Å². The van der Waals surface area contributed by atoms with Gasteiger partial charge in [0, 0.05) is 12.0 Å². The molecule has 0 saturated heterocycles. The van der Waals surface area contributed by atoms with Gasteiger partial charge in [0.1, 0.15) is 6.04 Å². The SMILES string of the molecule is COC(=O)[C@@H](CCCC#N)NC(=O)c1ccc(C#N)cc1. The van der Waals surface area contributed by atoms with Gasteiger partial charge in [0.15, 0.2) is 0 Å². The number of rotatable bonds is 6. The quantitative estimate of drug-likeness (QED) is 0.630. The smallest absolute Gasteiger partial charge is 0.328 e. The highest BCUT2D eigenvalue weighted by Crippen LogP contribution is 2.07. The van der Waals surface area contributed by atoms with E-state index in [0.29, 0.717) is 30.4 Å². The van der Waals surface area contributed by atoms with Crippen molar-refractivity contribution in [2.24, 2.45) is 0 Å². The van der Waals surface area contributed by atoms with Gasteiger partial charge in [-0.15, -0.1) is 0 Å². The summed E-state index contributed by atoms with van der Waals surface area (Å²) < 4.78 is 4.64. The summed E-state index contributed by atoms with van der Waals surface area (Å²) in [5.74, 6) is -0.971. The molecular weight excluding hydrogens is 270 g/mol. The Morgan fingerprint density at radius 3 is 2.48 bits per heavy atom. The number of ether oxygens (including phenoxy) is 1. The summed E-state index contributed by atoms with van der Waals surface area (Å²) in [5.41, 5.74) is 0.799. The minimum Gasteiger partial charge on any atom is -0.467 e. The highest BCUT2D eigenvalue weighted by Gasteiger charge is 2.21. The van der Waals surface area contributed by atoms with E-state index in [9.17, 15) is 9.59 Å². The average Bonchev–Trinajstić information content (AvgIpc) is 2.53. The molecule has 6 nitrogen and oxygen atoms in total. The largest absolute Gasteiger partial charge is 0.467 e. The Morgan fingerprint density at radius 1 is 1.29 bits per heavy atom. The van der Waals surface area contributed by atoms with Gasteiger partial charge in [0.25, 0.3) is 5.91 Å². The van der Waals surface area contributed by atoms with Crippen LogP contribution in [0.1, 0.15) is 35.2 Å². The molecule has 6 heteroatoms. The van der Waals surface area contributed by atoms with Crippen molar-refractivity contribution in [2.45, 2.75) is 25.3 Å². The normalized spacial score (nSPS) is 10.8. The fourth-order valence-electron chi connectivity index (χ4n) is 1.71. The van der Waals surface area contributed by atoms with Crippen LogP contribution in [-0.2, 0) is 9.53 Å². The Hall–Kier alpha value is -2.86. The zero-order chi connectivity index (χ0) is 15.7. The maximum absolute atomic E-state index is 12.0. The van der Waals surface area contributed by atoms with E-state index in [-0.39, 0.29) is 0 Å². The molecule has 0 fully saturated rings. The molecule has 1 atom stereocenters. The standard InChI is InChI=1S/C15H15N3O3/c1-21-15(20)13(4-2-3-9-16)18-14(19)12-7-5-11(10-17)6-8-12/h5-8,13H,2-4H2,1H3,(H,18,19)/t13-/m1/s1. The molecular formula is C15H15N3O3. The summed E-state index contributed by atoms with van der Waals surface area (Å²) >= 11 is 0. The van der Waals surface area contributed by atoms with Crippen LogP contribution in [0.2, 0.25) is 0 Å². The van der Waals surface area contributed by atoms with Crippen LogP contribution >= 0.6 is 0 Å². The first-order valence-corrected chi connectivity index (χ1v) is 6.38. The number of esters is 1. The number of unbranched alkanes of at least 4 members (excludes halogenated alkanes) is 1. The summed E-state index contributed by atoms with van der Waals surface area (Å²) in [6, 6.07) is 9.23. The molecule has 1 N–H and O–H groups in total. The Labute approximate surface area is 122 Å². The second kappa shape index (κ2) is 8.34. The van der Waals surface area contributed by atoms with Crippen LogP contribution in [0.4, 0.5) is 0 Å². The number of carbonyl (C=O) groups excluding carboxylic acids is 2. The number of nitriles is 2. The van der Waals surface area contributed by atoms with Gasteiger partial charge in [0.05, 0.1) is 24.8 Å². The predicted octanol–water partition coefficient (Wildman–Crippen LogP) is 1.52. The van der Waals surface area contributed by atoms with Crippen molar-refractivity contribution in [1.29, 1.82) is 10.5 Å². The minimum atomic E-state index is -0.786. The molecule has 1 aromatic carbocycles. The van der Waals surface area contributed by atoms with E-state index in [4.69, 9.17) is 10.5 Å². The van der Waals surface area contributed by atoms with E-state index in [2.05, 4.69) is 10.1 Å². The van der Waals surface area contributed by atoms with Crippen molar-refractivity contribution < 1.29 is 14.3 Å². The molecule has 1 amide bonds. The third-order valence-corrected chi connectivity index (χ3v) is 2.85. The molecule has 1 rings (SSSR count). The summed E-state index contributed by atoms with van der Waals surface area (Å²) in [5, 5.41) is 19.8. The first-order chi connectivity index (χ1) is 10.1. The molecule has 0 aromatic heterocycles. The van der Waals surface area contributed by atoms with E-state index in [0.717, 1.165) is 0 Å². The number of hydrogen-bond acceptors (Lipinski definition) is 5. The Kier molecular flexibility index (Phi) is 6.43. The van der Waals surface area contributed by atoms with Gasteiger partial charge in [0.2, 0.25) is 0 Å². The summed E-state index contributed by atoms with van der Waals surface area (Å²) in [6.07, 6.45) is 1.13. The summed E-state index contributed by atoms with van der Waals surface area (Å²) in [4.78, 5) is 23.7. The highest BCUT2D eigenvalue weighted by atomic mass is 16.5. The number of amides is 1. The molecule has 0 saturated carbocycles. The lowest BCUT2D eigenvalue weighted by molar-refractivity contribution is -0.143. The van der Waals surface area contributed by atoms with Crippen molar-refractivity contribution in [2.75, 3.05) is 7.11 Å². The predicted molar refractivity (Wildman–Crippen MR) is 73.9 cm³/mol. The number of methoxy groups -OCH3 is 1. The van der Waals surface area contributed by atoms with E-state index < -0.39 is 17.9 Å². The van der Waals surface area contributed by atoms with Crippen molar-refractivity contribution in [3.8, 4) is 12.1 Å². The number of nitrogens with zero attached hydrogens (tertiary/aromatic N) is 2. The monoisotopic (exact) mass is 285 g/mol. The summed E-state index contributed by atoms with van der Waals surface area (Å²) in [7, 11) is 1.24. The van der Waals surface area contributed by atoms with E-state index >= 15 is 0 Å². The lowest BCUT2D eigenvalue weighted by Gasteiger charge is -2.15. The topological polar surface area (TPSA) is 103 Å². The Morgan fingerprint density at radius 2 is 1.95 bits per heavy atom. The molecule has 0 aliphatic carbocycles. The number of hydrogen-bond donors (Lipinski definition) is 1. The second-order valence-corrected chi connectivity index (χ2v) is 4.29. The van der Waals surface area contributed by atoms with E-state index in [1.54, 1.807) is 0 Å². The van der Waals surface area contributed by atoms with Gasteiger partial charge >= 0.3 is 5.97 Å². The Balaban J connectivity index is 2.72. The lowest BCUT2D eigenvalue weighted by Crippen LogP contribution is -2.41. The third kappa shape index (κ3) is 4.96. The maximum Gasteiger partial charge on any atom is 0.328 e. The van der Waals surface area contributed by atoms with Gasteiger partial charge in [-0.25, -0.2) is 4.79 Å². The van der Waals surface area contributed by atoms with Crippen molar-refractivity contribution in [1.82, 2.24) is 5.32 Å². The maximum atomic E-state index is 12.0. The highest BCUT2D eigenvalue weighted by molar-refractivity contribution is 5.96. The average molecular weight is 285 g/mol. The second-order valence-electron chi connectivity index (χ2n) is 4.29. The molecule has 0 spiro atoms. The van der Waals surface area contributed by atoms with Crippen LogP contribution in [-0.4, -0.2) is 25.0 Å². The lowest BCUT2D eigenvalue weighted by atomic mass is 10.1. The minimum absolute atomic E-state index is 0.306. The van der Waals surface area contributed by atoms with Gasteiger partial charge in [-0.05, 0) is 37.1 Å². The van der Waals surface area contributed by atoms with Gasteiger partial charge < -0.3 is 10.1 Å². The summed E-state index contributed by atoms with van der Waals surface area (Å²) in [6.45, 7) is 0. The van der Waals surface area contributed by atoms with Crippen molar-refractivity contribution in [3.63, 3.8) is 0 Å². The van der Waals surface area contributed by atoms with Crippen molar-refractivity contribution >= 4 is 11.9 Å². The molecule has 1 aromatic rings. The van der Waals surface area contributed by atoms with Crippen LogP contribution in [0.25, 0.3) is 0 Å². The third-order valence-electron chi connectivity index (χ3n) is 2.85. The molecule has 21 heavy (non-hydrogen) atoms. The van der Waals surface area contributed by atoms with Crippen LogP contribution in [0.3, 0.4) is 0 Å². The van der Waals surface area contributed by atoms with Gasteiger partial charge in [-0.3, -0.25) is 4.79 Å². The molecule has 0 radical (unpaired) electrons. The Bertz CT molecular complexity index is 582. The molecule has 0 bridgehead atoms. The van der Waals surface area contributed by atoms with Crippen LogP contribution < -0.4 is 5.32 Å². The molecule has 0 aliphatic rings. The van der Waals surface area contributed by atoms with Crippen LogP contribution in [0.15, 0.2) is 24.3 Å². The molecule has 0 aliphatic heterocycles. The van der Waals surface area contributed by atoms with E-state index in [1.165, 1.54) is 31.4 Å². The molecule has 0 heterocycles.